The molecule has 1 aliphatic heterocycles. The Bertz CT molecular complexity index is 859. The topological polar surface area (TPSA) is 72.5 Å². The van der Waals surface area contributed by atoms with E-state index in [0.29, 0.717) is 24.1 Å². The number of benzene rings is 2. The van der Waals surface area contributed by atoms with Crippen LogP contribution in [0, 0.1) is 6.92 Å². The highest BCUT2D eigenvalue weighted by molar-refractivity contribution is 7.86. The van der Waals surface area contributed by atoms with Crippen LogP contribution < -0.4 is 9.50 Å². The van der Waals surface area contributed by atoms with Crippen molar-refractivity contribution in [3.8, 4) is 5.75 Å². The smallest absolute Gasteiger partial charge is 0.313 e. The Hall–Kier alpha value is -2.34. The fourth-order valence-corrected chi connectivity index (χ4v) is 3.64. The minimum Gasteiger partial charge on any atom is -0.382 e. The van der Waals surface area contributed by atoms with Gasteiger partial charge in [-0.15, -0.1) is 0 Å². The average molecular weight is 331 g/mol. The van der Waals surface area contributed by atoms with E-state index in [4.69, 9.17) is 4.18 Å². The van der Waals surface area contributed by atoms with E-state index in [1.54, 1.807) is 24.3 Å². The van der Waals surface area contributed by atoms with Gasteiger partial charge in [0.25, 0.3) is 0 Å². The molecule has 0 saturated heterocycles. The standard InChI is InChI=1S/C17H17NO4S/c1-12-3-2-4-13(9-12)11-23(20,21)22-15-6-7-16-14(10-15)5-8-17(19)18-16/h2-4,6-7,9-10H,5,8,11H2,1H3,(H,18,19). The number of hydrogen-bond acceptors (Lipinski definition) is 4. The highest BCUT2D eigenvalue weighted by atomic mass is 32.2. The van der Waals surface area contributed by atoms with Gasteiger partial charge in [0.05, 0.1) is 0 Å². The van der Waals surface area contributed by atoms with Gasteiger partial charge in [-0.3, -0.25) is 4.79 Å². The monoisotopic (exact) mass is 331 g/mol. The van der Waals surface area contributed by atoms with Crippen molar-refractivity contribution in [1.82, 2.24) is 0 Å². The Morgan fingerprint density at radius 1 is 1.13 bits per heavy atom. The van der Waals surface area contributed by atoms with E-state index in [2.05, 4.69) is 5.32 Å². The Kier molecular flexibility index (Phi) is 4.09. The lowest BCUT2D eigenvalue weighted by Crippen LogP contribution is -2.19. The number of amides is 1. The highest BCUT2D eigenvalue weighted by Crippen LogP contribution is 2.27. The van der Waals surface area contributed by atoms with Gasteiger partial charge >= 0.3 is 10.1 Å². The van der Waals surface area contributed by atoms with E-state index < -0.39 is 10.1 Å². The number of fused-ring (bicyclic) bond motifs is 1. The van der Waals surface area contributed by atoms with Crippen LogP contribution in [0.2, 0.25) is 0 Å². The Morgan fingerprint density at radius 2 is 1.96 bits per heavy atom. The normalized spacial score (nSPS) is 14.0. The lowest BCUT2D eigenvalue weighted by Gasteiger charge is -2.17. The van der Waals surface area contributed by atoms with Gasteiger partial charge in [-0.05, 0) is 42.7 Å². The number of aryl methyl sites for hydroxylation is 2. The molecule has 5 nitrogen and oxygen atoms in total. The molecule has 6 heteroatoms. The van der Waals surface area contributed by atoms with E-state index in [0.717, 1.165) is 11.1 Å². The SMILES string of the molecule is Cc1cccc(CS(=O)(=O)Oc2ccc3c(c2)CCC(=O)N3)c1. The molecule has 2 aromatic rings. The van der Waals surface area contributed by atoms with Crippen molar-refractivity contribution >= 4 is 21.7 Å². The van der Waals surface area contributed by atoms with E-state index in [1.807, 2.05) is 25.1 Å². The van der Waals surface area contributed by atoms with Gasteiger partial charge in [0, 0.05) is 12.1 Å². The second-order valence-corrected chi connectivity index (χ2v) is 7.21. The molecule has 1 aliphatic rings. The van der Waals surface area contributed by atoms with E-state index in [9.17, 15) is 13.2 Å². The molecule has 0 aromatic heterocycles. The summed E-state index contributed by atoms with van der Waals surface area (Å²) in [6.07, 6.45) is 0.975. The van der Waals surface area contributed by atoms with Crippen LogP contribution in [-0.2, 0) is 27.1 Å². The largest absolute Gasteiger partial charge is 0.382 e. The van der Waals surface area contributed by atoms with Crippen molar-refractivity contribution in [2.45, 2.75) is 25.5 Å². The summed E-state index contributed by atoms with van der Waals surface area (Å²) in [5.41, 5.74) is 3.29. The summed E-state index contributed by atoms with van der Waals surface area (Å²) in [6, 6.07) is 12.2. The number of carbonyl (C=O) groups excluding carboxylic acids is 1. The molecular formula is C17H17NO4S. The molecule has 0 bridgehead atoms. The van der Waals surface area contributed by atoms with Crippen LogP contribution in [0.15, 0.2) is 42.5 Å². The maximum atomic E-state index is 12.2. The zero-order valence-electron chi connectivity index (χ0n) is 12.7. The minimum absolute atomic E-state index is 0.0294. The third-order valence-corrected chi connectivity index (χ3v) is 4.75. The van der Waals surface area contributed by atoms with Crippen LogP contribution in [0.4, 0.5) is 5.69 Å². The molecule has 0 aliphatic carbocycles. The van der Waals surface area contributed by atoms with Crippen LogP contribution in [-0.4, -0.2) is 14.3 Å². The molecule has 0 atom stereocenters. The molecule has 0 saturated carbocycles. The minimum atomic E-state index is -3.73. The quantitative estimate of drug-likeness (QED) is 0.875. The number of rotatable bonds is 4. The van der Waals surface area contributed by atoms with Crippen molar-refractivity contribution in [2.24, 2.45) is 0 Å². The molecule has 1 amide bonds. The lowest BCUT2D eigenvalue weighted by atomic mass is 10.0. The van der Waals surface area contributed by atoms with Crippen molar-refractivity contribution in [2.75, 3.05) is 5.32 Å². The van der Waals surface area contributed by atoms with Gasteiger partial charge in [-0.2, -0.15) is 8.42 Å². The Morgan fingerprint density at radius 3 is 2.74 bits per heavy atom. The van der Waals surface area contributed by atoms with Gasteiger partial charge in [-0.1, -0.05) is 29.8 Å². The summed E-state index contributed by atoms with van der Waals surface area (Å²) in [5, 5.41) is 2.75. The molecular weight excluding hydrogens is 314 g/mol. The third kappa shape index (κ3) is 3.90. The average Bonchev–Trinajstić information content (AvgIpc) is 2.46. The number of nitrogens with one attached hydrogen (secondary N) is 1. The third-order valence-electron chi connectivity index (χ3n) is 3.62. The summed E-state index contributed by atoms with van der Waals surface area (Å²) in [4.78, 5) is 11.3. The summed E-state index contributed by atoms with van der Waals surface area (Å²) < 4.78 is 29.6. The van der Waals surface area contributed by atoms with Crippen LogP contribution in [0.25, 0.3) is 0 Å². The van der Waals surface area contributed by atoms with E-state index in [1.165, 1.54) is 0 Å². The molecule has 1 heterocycles. The van der Waals surface area contributed by atoms with Gasteiger partial charge in [0.1, 0.15) is 11.5 Å². The van der Waals surface area contributed by atoms with Crippen molar-refractivity contribution < 1.29 is 17.4 Å². The number of hydrogen-bond donors (Lipinski definition) is 1. The number of anilines is 1. The van der Waals surface area contributed by atoms with Gasteiger partial charge in [-0.25, -0.2) is 0 Å². The predicted octanol–water partition coefficient (Wildman–Crippen LogP) is 2.79. The van der Waals surface area contributed by atoms with Crippen molar-refractivity contribution in [1.29, 1.82) is 0 Å². The summed E-state index contributed by atoms with van der Waals surface area (Å²) in [6.45, 7) is 1.91. The van der Waals surface area contributed by atoms with Crippen LogP contribution in [0.3, 0.4) is 0 Å². The van der Waals surface area contributed by atoms with Crippen LogP contribution in [0.1, 0.15) is 23.1 Å². The first kappa shape index (κ1) is 15.6. The Labute approximate surface area is 135 Å². The zero-order valence-corrected chi connectivity index (χ0v) is 13.5. The van der Waals surface area contributed by atoms with Gasteiger partial charge in [0.2, 0.25) is 5.91 Å². The summed E-state index contributed by atoms with van der Waals surface area (Å²) in [5.74, 6) is 0.0634. The van der Waals surface area contributed by atoms with Crippen molar-refractivity contribution in [3.63, 3.8) is 0 Å². The predicted molar refractivity (Wildman–Crippen MR) is 87.8 cm³/mol. The van der Waals surface area contributed by atoms with E-state index >= 15 is 0 Å². The molecule has 0 radical (unpaired) electrons. The molecule has 1 N–H and O–H groups in total. The van der Waals surface area contributed by atoms with Crippen molar-refractivity contribution in [3.05, 3.63) is 59.2 Å². The number of carbonyl (C=O) groups is 1. The molecule has 3 rings (SSSR count). The summed E-state index contributed by atoms with van der Waals surface area (Å²) in [7, 11) is -3.73. The first-order valence-corrected chi connectivity index (χ1v) is 8.89. The first-order valence-electron chi connectivity index (χ1n) is 7.32. The first-order chi connectivity index (χ1) is 10.9. The molecule has 0 unspecified atom stereocenters. The van der Waals surface area contributed by atoms with Crippen LogP contribution >= 0.6 is 0 Å². The van der Waals surface area contributed by atoms with Gasteiger partial charge in [0.15, 0.2) is 0 Å². The fourth-order valence-electron chi connectivity index (χ4n) is 2.59. The second kappa shape index (κ2) is 6.04. The lowest BCUT2D eigenvalue weighted by molar-refractivity contribution is -0.116. The second-order valence-electron chi connectivity index (χ2n) is 5.64. The Balaban J connectivity index is 1.77. The van der Waals surface area contributed by atoms with Crippen LogP contribution in [0.5, 0.6) is 5.75 Å². The summed E-state index contributed by atoms with van der Waals surface area (Å²) >= 11 is 0. The molecule has 0 spiro atoms. The molecule has 120 valence electrons. The zero-order chi connectivity index (χ0) is 16.4. The van der Waals surface area contributed by atoms with E-state index in [-0.39, 0.29) is 17.4 Å². The fraction of sp³-hybridized carbons (Fsp3) is 0.235. The maximum absolute atomic E-state index is 12.2. The molecule has 23 heavy (non-hydrogen) atoms. The maximum Gasteiger partial charge on any atom is 0.313 e. The molecule has 2 aromatic carbocycles. The molecule has 0 fully saturated rings. The highest BCUT2D eigenvalue weighted by Gasteiger charge is 2.18. The van der Waals surface area contributed by atoms with Gasteiger partial charge < -0.3 is 9.50 Å².